The highest BCUT2D eigenvalue weighted by Crippen LogP contribution is 2.21. The summed E-state index contributed by atoms with van der Waals surface area (Å²) in [4.78, 5) is 12.3. The van der Waals surface area contributed by atoms with Crippen molar-refractivity contribution in [3.8, 4) is 0 Å². The number of hydrogen-bond acceptors (Lipinski definition) is 5. The van der Waals surface area contributed by atoms with E-state index >= 15 is 0 Å². The maximum absolute atomic E-state index is 12.9. The van der Waals surface area contributed by atoms with Crippen LogP contribution in [-0.4, -0.2) is 64.1 Å². The van der Waals surface area contributed by atoms with Crippen molar-refractivity contribution in [3.63, 3.8) is 0 Å². The van der Waals surface area contributed by atoms with Crippen molar-refractivity contribution in [2.45, 2.75) is 37.4 Å². The second-order valence-corrected chi connectivity index (χ2v) is 8.26. The van der Waals surface area contributed by atoms with E-state index in [2.05, 4.69) is 10.6 Å². The van der Waals surface area contributed by atoms with Gasteiger partial charge < -0.3 is 15.4 Å². The molecule has 1 aliphatic rings. The first kappa shape index (κ1) is 22.9. The quantitative estimate of drug-likeness (QED) is 0.666. The molecule has 9 heteroatoms. The summed E-state index contributed by atoms with van der Waals surface area (Å²) in [7, 11) is -1.80. The van der Waals surface area contributed by atoms with Gasteiger partial charge in [-0.1, -0.05) is 6.07 Å². The molecule has 2 N–H and O–H groups in total. The maximum atomic E-state index is 12.9. The Morgan fingerprint density at radius 3 is 2.50 bits per heavy atom. The minimum atomic E-state index is -3.65. The van der Waals surface area contributed by atoms with Crippen LogP contribution in [0.1, 0.15) is 30.6 Å². The van der Waals surface area contributed by atoms with Crippen molar-refractivity contribution in [2.75, 3.05) is 33.2 Å². The summed E-state index contributed by atoms with van der Waals surface area (Å²) in [5.74, 6) is -0.267. The van der Waals surface area contributed by atoms with E-state index in [-0.39, 0.29) is 35.4 Å². The highest BCUT2D eigenvalue weighted by molar-refractivity contribution is 7.89. The average molecular weight is 406 g/mol. The van der Waals surface area contributed by atoms with E-state index in [0.717, 1.165) is 13.0 Å². The van der Waals surface area contributed by atoms with E-state index < -0.39 is 10.0 Å². The number of carbonyl (C=O) groups is 1. The lowest BCUT2D eigenvalue weighted by Crippen LogP contribution is -2.48. The van der Waals surface area contributed by atoms with Crippen LogP contribution in [0, 0.1) is 0 Å². The number of hydrogen-bond donors (Lipinski definition) is 2. The predicted molar refractivity (Wildman–Crippen MR) is 103 cm³/mol. The topological polar surface area (TPSA) is 87.7 Å². The highest BCUT2D eigenvalue weighted by Gasteiger charge is 2.32. The Kier molecular flexibility index (Phi) is 8.99. The Balaban J connectivity index is 0.00000338. The van der Waals surface area contributed by atoms with Crippen molar-refractivity contribution in [1.29, 1.82) is 0 Å². The molecule has 7 nitrogen and oxygen atoms in total. The SMILES string of the molecule is CNCCCNC(=O)c1cccc(S(=O)(=O)N2CC(C)OC(C)C2)c1.Cl. The number of rotatable bonds is 7. The lowest BCUT2D eigenvalue weighted by Gasteiger charge is -2.34. The predicted octanol–water partition coefficient (Wildman–Crippen LogP) is 1.25. The first-order chi connectivity index (χ1) is 11.8. The second kappa shape index (κ2) is 10.2. The summed E-state index contributed by atoms with van der Waals surface area (Å²) in [6.07, 6.45) is 0.499. The van der Waals surface area contributed by atoms with Gasteiger partial charge in [0.25, 0.3) is 5.91 Å². The third-order valence-electron chi connectivity index (χ3n) is 4.01. The van der Waals surface area contributed by atoms with Crippen LogP contribution in [0.4, 0.5) is 0 Å². The van der Waals surface area contributed by atoms with Gasteiger partial charge in [-0.3, -0.25) is 4.79 Å². The van der Waals surface area contributed by atoms with Gasteiger partial charge in [0.05, 0.1) is 17.1 Å². The number of nitrogens with one attached hydrogen (secondary N) is 2. The second-order valence-electron chi connectivity index (χ2n) is 6.32. The molecule has 0 aliphatic carbocycles. The average Bonchev–Trinajstić information content (AvgIpc) is 2.58. The number of nitrogens with zero attached hydrogens (tertiary/aromatic N) is 1. The Morgan fingerprint density at radius 2 is 1.88 bits per heavy atom. The summed E-state index contributed by atoms with van der Waals surface area (Å²) in [6, 6.07) is 6.19. The van der Waals surface area contributed by atoms with Gasteiger partial charge in [0.2, 0.25) is 10.0 Å². The molecule has 2 atom stereocenters. The lowest BCUT2D eigenvalue weighted by atomic mass is 10.2. The number of sulfonamides is 1. The van der Waals surface area contributed by atoms with Crippen LogP contribution in [0.15, 0.2) is 29.2 Å². The lowest BCUT2D eigenvalue weighted by molar-refractivity contribution is -0.0440. The molecule has 1 fully saturated rings. The smallest absolute Gasteiger partial charge is 0.251 e. The molecule has 2 rings (SSSR count). The van der Waals surface area contributed by atoms with Crippen molar-refractivity contribution in [3.05, 3.63) is 29.8 Å². The van der Waals surface area contributed by atoms with Crippen LogP contribution >= 0.6 is 12.4 Å². The summed E-state index contributed by atoms with van der Waals surface area (Å²) in [6.45, 7) is 5.68. The Labute approximate surface area is 161 Å². The number of ether oxygens (including phenoxy) is 1. The van der Waals surface area contributed by atoms with Gasteiger partial charge in [-0.25, -0.2) is 8.42 Å². The number of morpholine rings is 1. The molecule has 0 aromatic heterocycles. The Hall–Kier alpha value is -1.19. The van der Waals surface area contributed by atoms with Crippen LogP contribution in [-0.2, 0) is 14.8 Å². The molecule has 1 aromatic rings. The zero-order chi connectivity index (χ0) is 18.4. The van der Waals surface area contributed by atoms with E-state index in [1.807, 2.05) is 20.9 Å². The minimum Gasteiger partial charge on any atom is -0.373 e. The van der Waals surface area contributed by atoms with Crippen molar-refractivity contribution < 1.29 is 17.9 Å². The van der Waals surface area contributed by atoms with Gasteiger partial charge >= 0.3 is 0 Å². The largest absolute Gasteiger partial charge is 0.373 e. The summed E-state index contributed by atoms with van der Waals surface area (Å²) < 4.78 is 32.8. The summed E-state index contributed by atoms with van der Waals surface area (Å²) >= 11 is 0. The monoisotopic (exact) mass is 405 g/mol. The molecule has 2 unspecified atom stereocenters. The first-order valence-electron chi connectivity index (χ1n) is 8.53. The molecule has 1 aliphatic heterocycles. The zero-order valence-electron chi connectivity index (χ0n) is 15.4. The minimum absolute atomic E-state index is 0. The molecule has 0 bridgehead atoms. The van der Waals surface area contributed by atoms with Gasteiger partial charge in [0.15, 0.2) is 0 Å². The van der Waals surface area contributed by atoms with Gasteiger partial charge in [0.1, 0.15) is 0 Å². The van der Waals surface area contributed by atoms with Gasteiger partial charge in [-0.2, -0.15) is 4.31 Å². The molecule has 148 valence electrons. The Morgan fingerprint density at radius 1 is 1.23 bits per heavy atom. The number of amides is 1. The fourth-order valence-corrected chi connectivity index (χ4v) is 4.48. The molecule has 26 heavy (non-hydrogen) atoms. The molecule has 1 saturated heterocycles. The van der Waals surface area contributed by atoms with E-state index in [4.69, 9.17) is 4.74 Å². The van der Waals surface area contributed by atoms with Gasteiger partial charge in [-0.15, -0.1) is 12.4 Å². The standard InChI is InChI=1S/C17H27N3O4S.ClH/c1-13-11-20(12-14(2)24-13)25(22,23)16-7-4-6-15(10-16)17(21)19-9-5-8-18-3;/h4,6-7,10,13-14,18H,5,8-9,11-12H2,1-3H3,(H,19,21);1H. The van der Waals surface area contributed by atoms with Crippen molar-refractivity contribution in [2.24, 2.45) is 0 Å². The van der Waals surface area contributed by atoms with Crippen LogP contribution in [0.2, 0.25) is 0 Å². The van der Waals surface area contributed by atoms with E-state index in [1.165, 1.54) is 16.4 Å². The van der Waals surface area contributed by atoms with E-state index in [1.54, 1.807) is 12.1 Å². The van der Waals surface area contributed by atoms with Crippen LogP contribution in [0.3, 0.4) is 0 Å². The number of halogens is 1. The third kappa shape index (κ3) is 5.92. The normalized spacial score (nSPS) is 21.0. The molecule has 1 amide bonds. The Bertz CT molecular complexity index is 689. The molecule has 1 heterocycles. The maximum Gasteiger partial charge on any atom is 0.251 e. The van der Waals surface area contributed by atoms with E-state index in [9.17, 15) is 13.2 Å². The van der Waals surface area contributed by atoms with Gasteiger partial charge in [0, 0.05) is 25.2 Å². The van der Waals surface area contributed by atoms with Crippen LogP contribution < -0.4 is 10.6 Å². The van der Waals surface area contributed by atoms with Crippen molar-refractivity contribution >= 4 is 28.3 Å². The molecule has 0 radical (unpaired) electrons. The first-order valence-corrected chi connectivity index (χ1v) is 9.97. The summed E-state index contributed by atoms with van der Waals surface area (Å²) in [5.41, 5.74) is 0.347. The molecule has 1 aromatic carbocycles. The molecular formula is C17H28ClN3O4S. The molecule has 0 spiro atoms. The summed E-state index contributed by atoms with van der Waals surface area (Å²) in [5, 5.41) is 5.81. The third-order valence-corrected chi connectivity index (χ3v) is 5.84. The fraction of sp³-hybridized carbons (Fsp3) is 0.588. The zero-order valence-corrected chi connectivity index (χ0v) is 17.0. The highest BCUT2D eigenvalue weighted by atomic mass is 35.5. The molecular weight excluding hydrogens is 378 g/mol. The van der Waals surface area contributed by atoms with E-state index in [0.29, 0.717) is 25.2 Å². The number of carbonyl (C=O) groups excluding carboxylic acids is 1. The van der Waals surface area contributed by atoms with Crippen LogP contribution in [0.5, 0.6) is 0 Å². The van der Waals surface area contributed by atoms with Crippen LogP contribution in [0.25, 0.3) is 0 Å². The van der Waals surface area contributed by atoms with Gasteiger partial charge in [-0.05, 0) is 52.1 Å². The van der Waals surface area contributed by atoms with Crippen molar-refractivity contribution in [1.82, 2.24) is 14.9 Å². The fourth-order valence-electron chi connectivity index (χ4n) is 2.84. The molecule has 0 saturated carbocycles. The number of benzene rings is 1.